The summed E-state index contributed by atoms with van der Waals surface area (Å²) in [4.78, 5) is 12.3. The van der Waals surface area contributed by atoms with Gasteiger partial charge in [-0.05, 0) is 25.7 Å². The fourth-order valence-electron chi connectivity index (χ4n) is 3.20. The SMILES string of the molecule is NC1CCCCCC1C(=O)C1CCCC1. The third kappa shape index (κ3) is 2.60. The van der Waals surface area contributed by atoms with Crippen LogP contribution in [0.4, 0.5) is 0 Å². The van der Waals surface area contributed by atoms with E-state index in [4.69, 9.17) is 5.73 Å². The number of ketones is 1. The van der Waals surface area contributed by atoms with E-state index in [1.807, 2.05) is 0 Å². The predicted molar refractivity (Wildman–Crippen MR) is 61.5 cm³/mol. The molecule has 0 bridgehead atoms. The molecule has 0 aromatic carbocycles. The number of rotatable bonds is 2. The normalized spacial score (nSPS) is 33.9. The maximum Gasteiger partial charge on any atom is 0.140 e. The van der Waals surface area contributed by atoms with Crippen LogP contribution in [-0.2, 0) is 4.79 Å². The topological polar surface area (TPSA) is 43.1 Å². The first-order valence-corrected chi connectivity index (χ1v) is 6.58. The first-order chi connectivity index (χ1) is 7.29. The van der Waals surface area contributed by atoms with Crippen LogP contribution < -0.4 is 5.73 Å². The molecule has 0 saturated heterocycles. The third-order valence-corrected chi connectivity index (χ3v) is 4.19. The van der Waals surface area contributed by atoms with Crippen molar-refractivity contribution in [1.82, 2.24) is 0 Å². The summed E-state index contributed by atoms with van der Waals surface area (Å²) in [6.45, 7) is 0. The largest absolute Gasteiger partial charge is 0.327 e. The molecule has 2 unspecified atom stereocenters. The number of nitrogens with two attached hydrogens (primary N) is 1. The zero-order valence-corrected chi connectivity index (χ0v) is 9.58. The summed E-state index contributed by atoms with van der Waals surface area (Å²) in [5, 5.41) is 0. The minimum Gasteiger partial charge on any atom is -0.327 e. The van der Waals surface area contributed by atoms with Gasteiger partial charge >= 0.3 is 0 Å². The number of hydrogen-bond acceptors (Lipinski definition) is 2. The molecule has 0 radical (unpaired) electrons. The lowest BCUT2D eigenvalue weighted by Crippen LogP contribution is -2.37. The number of carbonyl (C=O) groups excluding carboxylic acids is 1. The van der Waals surface area contributed by atoms with Crippen molar-refractivity contribution < 1.29 is 4.79 Å². The van der Waals surface area contributed by atoms with Crippen molar-refractivity contribution in [3.05, 3.63) is 0 Å². The second-order valence-corrected chi connectivity index (χ2v) is 5.29. The van der Waals surface area contributed by atoms with Crippen molar-refractivity contribution in [2.24, 2.45) is 17.6 Å². The van der Waals surface area contributed by atoms with Gasteiger partial charge in [0, 0.05) is 17.9 Å². The summed E-state index contributed by atoms with van der Waals surface area (Å²) in [7, 11) is 0. The van der Waals surface area contributed by atoms with E-state index in [1.165, 1.54) is 32.1 Å². The fourth-order valence-corrected chi connectivity index (χ4v) is 3.20. The number of Topliss-reactive ketones (excluding diaryl/α,β-unsaturated/α-hetero) is 1. The van der Waals surface area contributed by atoms with Crippen molar-refractivity contribution >= 4 is 5.78 Å². The van der Waals surface area contributed by atoms with Gasteiger partial charge in [0.15, 0.2) is 0 Å². The molecule has 2 saturated carbocycles. The highest BCUT2D eigenvalue weighted by atomic mass is 16.1. The van der Waals surface area contributed by atoms with E-state index in [-0.39, 0.29) is 12.0 Å². The summed E-state index contributed by atoms with van der Waals surface area (Å²) in [5.74, 6) is 1.05. The van der Waals surface area contributed by atoms with Crippen molar-refractivity contribution in [2.75, 3.05) is 0 Å². The number of carbonyl (C=O) groups is 1. The second-order valence-electron chi connectivity index (χ2n) is 5.29. The molecule has 0 amide bonds. The average Bonchev–Trinajstić information content (AvgIpc) is 2.68. The van der Waals surface area contributed by atoms with Gasteiger partial charge in [-0.25, -0.2) is 0 Å². The molecule has 86 valence electrons. The molecule has 0 aliphatic heterocycles. The van der Waals surface area contributed by atoms with Crippen LogP contribution in [0.5, 0.6) is 0 Å². The zero-order chi connectivity index (χ0) is 10.7. The van der Waals surface area contributed by atoms with Crippen LogP contribution in [0.2, 0.25) is 0 Å². The van der Waals surface area contributed by atoms with Crippen molar-refractivity contribution in [3.63, 3.8) is 0 Å². The zero-order valence-electron chi connectivity index (χ0n) is 9.58. The van der Waals surface area contributed by atoms with E-state index in [1.54, 1.807) is 0 Å². The molecule has 2 rings (SSSR count). The summed E-state index contributed by atoms with van der Waals surface area (Å²) in [6, 6.07) is 0.153. The molecule has 2 aliphatic rings. The minimum absolute atomic E-state index is 0.153. The first kappa shape index (κ1) is 11.1. The van der Waals surface area contributed by atoms with Crippen molar-refractivity contribution in [1.29, 1.82) is 0 Å². The van der Waals surface area contributed by atoms with Gasteiger partial charge in [0.2, 0.25) is 0 Å². The minimum atomic E-state index is 0.153. The fraction of sp³-hybridized carbons (Fsp3) is 0.923. The van der Waals surface area contributed by atoms with Crippen LogP contribution in [0.3, 0.4) is 0 Å². The smallest absolute Gasteiger partial charge is 0.140 e. The van der Waals surface area contributed by atoms with E-state index in [0.29, 0.717) is 11.7 Å². The molecule has 2 atom stereocenters. The summed E-state index contributed by atoms with van der Waals surface area (Å²) in [5.41, 5.74) is 6.13. The van der Waals surface area contributed by atoms with E-state index in [2.05, 4.69) is 0 Å². The van der Waals surface area contributed by atoms with Gasteiger partial charge in [0.05, 0.1) is 0 Å². The molecule has 2 heteroatoms. The monoisotopic (exact) mass is 209 g/mol. The van der Waals surface area contributed by atoms with E-state index in [9.17, 15) is 4.79 Å². The molecule has 0 aromatic heterocycles. The van der Waals surface area contributed by atoms with Gasteiger partial charge in [-0.3, -0.25) is 4.79 Å². The summed E-state index contributed by atoms with van der Waals surface area (Å²) in [6.07, 6.45) is 10.6. The molecule has 2 fully saturated rings. The van der Waals surface area contributed by atoms with Gasteiger partial charge < -0.3 is 5.73 Å². The Morgan fingerprint density at radius 3 is 2.20 bits per heavy atom. The van der Waals surface area contributed by atoms with Gasteiger partial charge in [-0.15, -0.1) is 0 Å². The third-order valence-electron chi connectivity index (χ3n) is 4.19. The van der Waals surface area contributed by atoms with E-state index < -0.39 is 0 Å². The van der Waals surface area contributed by atoms with E-state index in [0.717, 1.165) is 25.7 Å². The maximum absolute atomic E-state index is 12.3. The van der Waals surface area contributed by atoms with Crippen LogP contribution in [0.1, 0.15) is 57.8 Å². The summed E-state index contributed by atoms with van der Waals surface area (Å²) >= 11 is 0. The van der Waals surface area contributed by atoms with E-state index >= 15 is 0 Å². The first-order valence-electron chi connectivity index (χ1n) is 6.58. The average molecular weight is 209 g/mol. The Labute approximate surface area is 92.6 Å². The standard InChI is InChI=1S/C13H23NO/c14-12-9-3-1-2-8-11(12)13(15)10-6-4-5-7-10/h10-12H,1-9,14H2. The second kappa shape index (κ2) is 5.11. The highest BCUT2D eigenvalue weighted by molar-refractivity contribution is 5.84. The molecule has 2 nitrogen and oxygen atoms in total. The summed E-state index contributed by atoms with van der Waals surface area (Å²) < 4.78 is 0. The molecule has 2 aliphatic carbocycles. The highest BCUT2D eigenvalue weighted by Crippen LogP contribution is 2.32. The Morgan fingerprint density at radius 2 is 1.47 bits per heavy atom. The molecular formula is C13H23NO. The molecule has 2 N–H and O–H groups in total. The Bertz CT molecular complexity index is 221. The lowest BCUT2D eigenvalue weighted by Gasteiger charge is -2.22. The predicted octanol–water partition coefficient (Wildman–Crippen LogP) is 2.65. The Hall–Kier alpha value is -0.370. The van der Waals surface area contributed by atoms with Crippen LogP contribution in [-0.4, -0.2) is 11.8 Å². The molecule has 15 heavy (non-hydrogen) atoms. The molecule has 0 spiro atoms. The van der Waals surface area contributed by atoms with Crippen molar-refractivity contribution in [2.45, 2.75) is 63.8 Å². The lowest BCUT2D eigenvalue weighted by molar-refractivity contribution is -0.127. The molecule has 0 aromatic rings. The number of hydrogen-bond donors (Lipinski definition) is 1. The van der Waals surface area contributed by atoms with Crippen LogP contribution in [0, 0.1) is 11.8 Å². The van der Waals surface area contributed by atoms with Crippen LogP contribution in [0.25, 0.3) is 0 Å². The van der Waals surface area contributed by atoms with Crippen molar-refractivity contribution in [3.8, 4) is 0 Å². The van der Waals surface area contributed by atoms with Crippen LogP contribution in [0.15, 0.2) is 0 Å². The van der Waals surface area contributed by atoms with Gasteiger partial charge in [0.25, 0.3) is 0 Å². The van der Waals surface area contributed by atoms with Gasteiger partial charge in [0.1, 0.15) is 5.78 Å². The highest BCUT2D eigenvalue weighted by Gasteiger charge is 2.33. The lowest BCUT2D eigenvalue weighted by atomic mass is 9.84. The quantitative estimate of drug-likeness (QED) is 0.710. The Balaban J connectivity index is 1.96. The maximum atomic E-state index is 12.3. The Kier molecular flexibility index (Phi) is 3.79. The Morgan fingerprint density at radius 1 is 0.867 bits per heavy atom. The molecular weight excluding hydrogens is 186 g/mol. The van der Waals surface area contributed by atoms with Crippen LogP contribution >= 0.6 is 0 Å². The van der Waals surface area contributed by atoms with Gasteiger partial charge in [-0.2, -0.15) is 0 Å². The van der Waals surface area contributed by atoms with Gasteiger partial charge in [-0.1, -0.05) is 32.1 Å². The molecule has 0 heterocycles.